The van der Waals surface area contributed by atoms with Gasteiger partial charge in [0.25, 0.3) is 0 Å². The third-order valence-corrected chi connectivity index (χ3v) is 4.35. The van der Waals surface area contributed by atoms with E-state index in [1.807, 2.05) is 6.92 Å². The second-order valence-electron chi connectivity index (χ2n) is 4.64. The zero-order chi connectivity index (χ0) is 11.7. The second kappa shape index (κ2) is 4.55. The van der Waals surface area contributed by atoms with Crippen LogP contribution in [0.3, 0.4) is 0 Å². The number of aryl methyl sites for hydroxylation is 1. The normalized spacial score (nSPS) is 26.1. The van der Waals surface area contributed by atoms with Crippen LogP contribution in [0, 0.1) is 18.8 Å². The topological polar surface area (TPSA) is 40.5 Å². The van der Waals surface area contributed by atoms with Crippen LogP contribution in [0.1, 0.15) is 17.4 Å². The lowest BCUT2D eigenvalue weighted by Gasteiger charge is -2.14. The van der Waals surface area contributed by atoms with Gasteiger partial charge in [0.15, 0.2) is 0 Å². The first-order valence-electron chi connectivity index (χ1n) is 5.56. The lowest BCUT2D eigenvalue weighted by molar-refractivity contribution is -0.142. The summed E-state index contributed by atoms with van der Waals surface area (Å²) in [5.41, 5.74) is 1.32. The van der Waals surface area contributed by atoms with Crippen molar-refractivity contribution in [3.63, 3.8) is 0 Å². The summed E-state index contributed by atoms with van der Waals surface area (Å²) in [6.45, 7) is 6.62. The molecule has 1 aliphatic heterocycles. The number of carboxylic acid groups (broad SMARTS) is 1. The van der Waals surface area contributed by atoms with Gasteiger partial charge in [-0.15, -0.1) is 11.3 Å². The van der Waals surface area contributed by atoms with Crippen LogP contribution in [0.4, 0.5) is 0 Å². The molecular weight excluding hydrogens is 222 g/mol. The fraction of sp³-hybridized carbons (Fsp3) is 0.583. The first kappa shape index (κ1) is 11.6. The number of aliphatic carboxylic acids is 1. The van der Waals surface area contributed by atoms with Crippen LogP contribution < -0.4 is 0 Å². The molecule has 0 unspecified atom stereocenters. The Balaban J connectivity index is 1.99. The fourth-order valence-corrected chi connectivity index (χ4v) is 3.23. The maximum atomic E-state index is 11.0. The Morgan fingerprint density at radius 3 is 2.88 bits per heavy atom. The number of hydrogen-bond donors (Lipinski definition) is 1. The quantitative estimate of drug-likeness (QED) is 0.879. The van der Waals surface area contributed by atoms with Crippen molar-refractivity contribution in [3.8, 4) is 0 Å². The van der Waals surface area contributed by atoms with Crippen molar-refractivity contribution in [1.29, 1.82) is 0 Å². The van der Waals surface area contributed by atoms with Gasteiger partial charge in [0.05, 0.1) is 5.92 Å². The van der Waals surface area contributed by atoms with Gasteiger partial charge in [-0.25, -0.2) is 0 Å². The van der Waals surface area contributed by atoms with Gasteiger partial charge in [0.2, 0.25) is 0 Å². The van der Waals surface area contributed by atoms with Crippen LogP contribution >= 0.6 is 11.3 Å². The number of likely N-dealkylation sites (tertiary alicyclic amines) is 1. The SMILES string of the molecule is Cc1ccsc1CN1C[C@@H](C)[C@H](C(=O)O)C1. The van der Waals surface area contributed by atoms with Gasteiger partial charge >= 0.3 is 5.97 Å². The fourth-order valence-electron chi connectivity index (χ4n) is 2.29. The van der Waals surface area contributed by atoms with E-state index in [4.69, 9.17) is 5.11 Å². The Hall–Kier alpha value is -0.870. The molecule has 0 radical (unpaired) electrons. The average molecular weight is 239 g/mol. The molecule has 2 heterocycles. The smallest absolute Gasteiger partial charge is 0.308 e. The molecule has 1 aromatic heterocycles. The molecule has 0 aliphatic carbocycles. The first-order valence-corrected chi connectivity index (χ1v) is 6.44. The number of hydrogen-bond acceptors (Lipinski definition) is 3. The minimum absolute atomic E-state index is 0.194. The number of carbonyl (C=O) groups is 1. The molecular formula is C12H17NO2S. The molecule has 0 saturated carbocycles. The lowest BCUT2D eigenvalue weighted by Crippen LogP contribution is -2.23. The summed E-state index contributed by atoms with van der Waals surface area (Å²) in [5.74, 6) is -0.587. The molecule has 1 aliphatic rings. The molecule has 1 aromatic rings. The van der Waals surface area contributed by atoms with Gasteiger partial charge in [-0.2, -0.15) is 0 Å². The molecule has 0 amide bonds. The van der Waals surface area contributed by atoms with Crippen molar-refractivity contribution in [2.24, 2.45) is 11.8 Å². The zero-order valence-corrected chi connectivity index (χ0v) is 10.5. The molecule has 0 aromatic carbocycles. The van der Waals surface area contributed by atoms with Crippen LogP contribution in [0.15, 0.2) is 11.4 Å². The first-order chi connectivity index (χ1) is 7.58. The lowest BCUT2D eigenvalue weighted by atomic mass is 9.99. The maximum Gasteiger partial charge on any atom is 0.308 e. The average Bonchev–Trinajstić information content (AvgIpc) is 2.75. The van der Waals surface area contributed by atoms with Crippen molar-refractivity contribution >= 4 is 17.3 Å². The Labute approximate surface area is 99.7 Å². The van der Waals surface area contributed by atoms with Gasteiger partial charge in [-0.05, 0) is 29.9 Å². The van der Waals surface area contributed by atoms with E-state index >= 15 is 0 Å². The van der Waals surface area contributed by atoms with E-state index in [0.29, 0.717) is 6.54 Å². The largest absolute Gasteiger partial charge is 0.481 e. The van der Waals surface area contributed by atoms with Crippen LogP contribution in [0.25, 0.3) is 0 Å². The Kier molecular flexibility index (Phi) is 3.30. The van der Waals surface area contributed by atoms with Crippen molar-refractivity contribution in [2.75, 3.05) is 13.1 Å². The summed E-state index contributed by atoms with van der Waals surface area (Å²) in [4.78, 5) is 14.6. The molecule has 3 nitrogen and oxygen atoms in total. The molecule has 1 N–H and O–H groups in total. The summed E-state index contributed by atoms with van der Waals surface area (Å²) in [5, 5.41) is 11.2. The van der Waals surface area contributed by atoms with Gasteiger partial charge in [-0.3, -0.25) is 9.69 Å². The van der Waals surface area contributed by atoms with E-state index in [9.17, 15) is 4.79 Å². The Morgan fingerprint density at radius 1 is 1.62 bits per heavy atom. The minimum atomic E-state index is -0.655. The van der Waals surface area contributed by atoms with Gasteiger partial charge in [-0.1, -0.05) is 6.92 Å². The van der Waals surface area contributed by atoms with Crippen molar-refractivity contribution < 1.29 is 9.90 Å². The number of rotatable bonds is 3. The highest BCUT2D eigenvalue weighted by molar-refractivity contribution is 7.10. The molecule has 2 atom stereocenters. The molecule has 88 valence electrons. The van der Waals surface area contributed by atoms with Crippen molar-refractivity contribution in [2.45, 2.75) is 20.4 Å². The molecule has 1 fully saturated rings. The monoisotopic (exact) mass is 239 g/mol. The molecule has 1 saturated heterocycles. The van der Waals surface area contributed by atoms with Crippen LogP contribution in [-0.2, 0) is 11.3 Å². The summed E-state index contributed by atoms with van der Waals surface area (Å²) in [6, 6.07) is 2.12. The Bertz CT molecular complexity index is 388. The van der Waals surface area contributed by atoms with Gasteiger partial charge in [0, 0.05) is 24.5 Å². The van der Waals surface area contributed by atoms with E-state index in [1.165, 1.54) is 10.4 Å². The van der Waals surface area contributed by atoms with Gasteiger partial charge < -0.3 is 5.11 Å². The predicted molar refractivity (Wildman–Crippen MR) is 64.6 cm³/mol. The number of thiophene rings is 1. The van der Waals surface area contributed by atoms with Crippen molar-refractivity contribution in [3.05, 3.63) is 21.9 Å². The van der Waals surface area contributed by atoms with Gasteiger partial charge in [0.1, 0.15) is 0 Å². The molecule has 0 spiro atoms. The molecule has 16 heavy (non-hydrogen) atoms. The van der Waals surface area contributed by atoms with Crippen LogP contribution in [0.5, 0.6) is 0 Å². The van der Waals surface area contributed by atoms with E-state index in [2.05, 4.69) is 23.3 Å². The second-order valence-corrected chi connectivity index (χ2v) is 5.64. The standard InChI is InChI=1S/C12H17NO2S/c1-8-3-4-16-11(8)7-13-5-9(2)10(6-13)12(14)15/h3-4,9-10H,5-7H2,1-2H3,(H,14,15)/t9-,10-/m1/s1. The highest BCUT2D eigenvalue weighted by Gasteiger charge is 2.34. The van der Waals surface area contributed by atoms with Crippen LogP contribution in [0.2, 0.25) is 0 Å². The van der Waals surface area contributed by atoms with Crippen LogP contribution in [-0.4, -0.2) is 29.1 Å². The van der Waals surface area contributed by atoms with E-state index in [-0.39, 0.29) is 11.8 Å². The summed E-state index contributed by atoms with van der Waals surface area (Å²) < 4.78 is 0. The predicted octanol–water partition coefficient (Wildman–Crippen LogP) is 2.21. The zero-order valence-electron chi connectivity index (χ0n) is 9.64. The van der Waals surface area contributed by atoms with Crippen molar-refractivity contribution in [1.82, 2.24) is 4.90 Å². The third kappa shape index (κ3) is 2.28. The molecule has 4 heteroatoms. The summed E-state index contributed by atoms with van der Waals surface area (Å²) in [6.07, 6.45) is 0. The highest BCUT2D eigenvalue weighted by Crippen LogP contribution is 2.26. The van der Waals surface area contributed by atoms with E-state index in [0.717, 1.165) is 13.1 Å². The highest BCUT2D eigenvalue weighted by atomic mass is 32.1. The Morgan fingerprint density at radius 2 is 2.38 bits per heavy atom. The summed E-state index contributed by atoms with van der Waals surface area (Å²) >= 11 is 1.76. The molecule has 2 rings (SSSR count). The van der Waals surface area contributed by atoms with E-state index in [1.54, 1.807) is 11.3 Å². The van der Waals surface area contributed by atoms with E-state index < -0.39 is 5.97 Å². The minimum Gasteiger partial charge on any atom is -0.481 e. The molecule has 0 bridgehead atoms. The summed E-state index contributed by atoms with van der Waals surface area (Å²) in [7, 11) is 0. The third-order valence-electron chi connectivity index (χ3n) is 3.34. The number of carboxylic acids is 1. The maximum absolute atomic E-state index is 11.0. The number of nitrogens with zero attached hydrogens (tertiary/aromatic N) is 1.